The molecule has 0 fully saturated rings. The van der Waals surface area contributed by atoms with Crippen LogP contribution in [-0.2, 0) is 0 Å². The van der Waals surface area contributed by atoms with Crippen molar-refractivity contribution in [3.05, 3.63) is 52.5 Å². The highest BCUT2D eigenvalue weighted by atomic mass is 35.5. The van der Waals surface area contributed by atoms with Crippen LogP contribution in [0.2, 0.25) is 5.02 Å². The predicted molar refractivity (Wildman–Crippen MR) is 115 cm³/mol. The molecule has 2 rings (SSSR count). The van der Waals surface area contributed by atoms with Gasteiger partial charge in [-0.25, -0.2) is 0 Å². The Hall–Kier alpha value is -2.73. The summed E-state index contributed by atoms with van der Waals surface area (Å²) in [5.41, 5.74) is 1.49. The molecule has 0 radical (unpaired) electrons. The number of rotatable bonds is 8. The summed E-state index contributed by atoms with van der Waals surface area (Å²) >= 11 is 6.29. The number of anilines is 1. The van der Waals surface area contributed by atoms with Crippen molar-refractivity contribution in [1.82, 2.24) is 4.90 Å². The molecule has 2 aromatic carbocycles. The molecule has 0 spiro atoms. The number of methoxy groups -OCH3 is 1. The first-order valence-corrected chi connectivity index (χ1v) is 9.93. The number of carbonyl (C=O) groups excluding carboxylic acids is 2. The fraction of sp³-hybridized carbons (Fsp3) is 0.364. The third-order valence-electron chi connectivity index (χ3n) is 4.29. The van der Waals surface area contributed by atoms with Gasteiger partial charge in [-0.3, -0.25) is 9.59 Å². The molecule has 156 valence electrons. The highest BCUT2D eigenvalue weighted by Crippen LogP contribution is 2.37. The van der Waals surface area contributed by atoms with E-state index in [4.69, 9.17) is 21.1 Å². The minimum atomic E-state index is -0.343. The van der Waals surface area contributed by atoms with Gasteiger partial charge in [-0.05, 0) is 64.1 Å². The Labute approximate surface area is 176 Å². The van der Waals surface area contributed by atoms with Crippen molar-refractivity contribution >= 4 is 29.1 Å². The van der Waals surface area contributed by atoms with E-state index in [1.165, 1.54) is 13.2 Å². The molecule has 29 heavy (non-hydrogen) atoms. The highest BCUT2D eigenvalue weighted by molar-refractivity contribution is 6.32. The van der Waals surface area contributed by atoms with Crippen molar-refractivity contribution in [2.75, 3.05) is 25.5 Å². The number of hydrogen-bond donors (Lipinski definition) is 1. The van der Waals surface area contributed by atoms with Crippen molar-refractivity contribution in [1.29, 1.82) is 0 Å². The molecule has 2 amide bonds. The van der Waals surface area contributed by atoms with Crippen LogP contribution in [0, 0.1) is 0 Å². The zero-order chi connectivity index (χ0) is 21.6. The van der Waals surface area contributed by atoms with E-state index in [1.807, 2.05) is 27.7 Å². The minimum absolute atomic E-state index is 0.0369. The van der Waals surface area contributed by atoms with E-state index >= 15 is 0 Å². The second-order valence-electron chi connectivity index (χ2n) is 6.66. The molecule has 6 nitrogen and oxygen atoms in total. The summed E-state index contributed by atoms with van der Waals surface area (Å²) < 4.78 is 11.0. The van der Waals surface area contributed by atoms with Crippen molar-refractivity contribution in [3.63, 3.8) is 0 Å². The molecule has 0 bridgehead atoms. The summed E-state index contributed by atoms with van der Waals surface area (Å²) in [5, 5.41) is 3.10. The van der Waals surface area contributed by atoms with Gasteiger partial charge in [0.2, 0.25) is 0 Å². The van der Waals surface area contributed by atoms with Gasteiger partial charge in [-0.2, -0.15) is 0 Å². The molecule has 0 aliphatic rings. The van der Waals surface area contributed by atoms with E-state index in [9.17, 15) is 9.59 Å². The van der Waals surface area contributed by atoms with E-state index < -0.39 is 0 Å². The summed E-state index contributed by atoms with van der Waals surface area (Å²) in [4.78, 5) is 26.8. The fourth-order valence-corrected chi connectivity index (χ4v) is 3.05. The Balaban J connectivity index is 2.18. The molecular formula is C22H27ClN2O4. The van der Waals surface area contributed by atoms with Gasteiger partial charge in [0.05, 0.1) is 18.2 Å². The lowest BCUT2D eigenvalue weighted by Crippen LogP contribution is -2.30. The number of nitrogens with zero attached hydrogens (tertiary/aromatic N) is 1. The third kappa shape index (κ3) is 5.64. The first-order chi connectivity index (χ1) is 13.8. The minimum Gasteiger partial charge on any atom is -0.493 e. The first kappa shape index (κ1) is 22.6. The molecule has 0 atom stereocenters. The standard InChI is InChI=1S/C22H27ClN2O4/c1-6-25(7-2)22(27)15-8-10-17(11-9-15)24-21(26)16-12-18(23)20(29-14(3)4)19(13-16)28-5/h8-14H,6-7H2,1-5H3,(H,24,26). The molecule has 0 unspecified atom stereocenters. The quantitative estimate of drug-likeness (QED) is 0.664. The SMILES string of the molecule is CCN(CC)C(=O)c1ccc(NC(=O)c2cc(Cl)c(OC(C)C)c(OC)c2)cc1. The van der Waals surface area contributed by atoms with Crippen molar-refractivity contribution in [2.45, 2.75) is 33.8 Å². The Morgan fingerprint density at radius 2 is 1.69 bits per heavy atom. The molecule has 0 aromatic heterocycles. The third-order valence-corrected chi connectivity index (χ3v) is 4.57. The predicted octanol–water partition coefficient (Wildman–Crippen LogP) is 4.87. The lowest BCUT2D eigenvalue weighted by atomic mass is 10.1. The molecule has 2 aromatic rings. The lowest BCUT2D eigenvalue weighted by Gasteiger charge is -2.18. The summed E-state index contributed by atoms with van der Waals surface area (Å²) in [6.45, 7) is 8.93. The second kappa shape index (κ2) is 10.2. The smallest absolute Gasteiger partial charge is 0.255 e. The van der Waals surface area contributed by atoms with Crippen LogP contribution in [0.3, 0.4) is 0 Å². The van der Waals surface area contributed by atoms with Crippen molar-refractivity contribution in [2.24, 2.45) is 0 Å². The second-order valence-corrected chi connectivity index (χ2v) is 7.07. The number of carbonyl (C=O) groups is 2. The van der Waals surface area contributed by atoms with Gasteiger partial charge in [0.25, 0.3) is 11.8 Å². The summed E-state index contributed by atoms with van der Waals surface area (Å²) in [7, 11) is 1.49. The van der Waals surface area contributed by atoms with Crippen LogP contribution in [0.15, 0.2) is 36.4 Å². The van der Waals surface area contributed by atoms with Crippen LogP contribution >= 0.6 is 11.6 Å². The average Bonchev–Trinajstić information content (AvgIpc) is 2.70. The molecule has 0 saturated heterocycles. The average molecular weight is 419 g/mol. The molecule has 1 N–H and O–H groups in total. The largest absolute Gasteiger partial charge is 0.493 e. The van der Waals surface area contributed by atoms with Crippen LogP contribution < -0.4 is 14.8 Å². The molecule has 0 aliphatic heterocycles. The normalized spacial score (nSPS) is 10.6. The molecule has 0 aliphatic carbocycles. The van der Waals surface area contributed by atoms with Crippen molar-refractivity contribution < 1.29 is 19.1 Å². The fourth-order valence-electron chi connectivity index (χ4n) is 2.79. The number of nitrogens with one attached hydrogen (secondary N) is 1. The van der Waals surface area contributed by atoms with Crippen LogP contribution in [0.5, 0.6) is 11.5 Å². The van der Waals surface area contributed by atoms with Gasteiger partial charge in [-0.1, -0.05) is 11.6 Å². The maximum atomic E-state index is 12.6. The number of halogens is 1. The van der Waals surface area contributed by atoms with E-state index in [0.29, 0.717) is 46.4 Å². The molecule has 0 heterocycles. The zero-order valence-electron chi connectivity index (χ0n) is 17.4. The zero-order valence-corrected chi connectivity index (χ0v) is 18.2. The van der Waals surface area contributed by atoms with E-state index in [1.54, 1.807) is 35.2 Å². The van der Waals surface area contributed by atoms with Gasteiger partial charge in [-0.15, -0.1) is 0 Å². The number of hydrogen-bond acceptors (Lipinski definition) is 4. The van der Waals surface area contributed by atoms with Crippen LogP contribution in [-0.4, -0.2) is 43.0 Å². The highest BCUT2D eigenvalue weighted by Gasteiger charge is 2.17. The van der Waals surface area contributed by atoms with Crippen molar-refractivity contribution in [3.8, 4) is 11.5 Å². The Kier molecular flexibility index (Phi) is 7.91. The maximum absolute atomic E-state index is 12.6. The molecule has 7 heteroatoms. The molecule has 0 saturated carbocycles. The Bertz CT molecular complexity index is 862. The molecular weight excluding hydrogens is 392 g/mol. The van der Waals surface area contributed by atoms with Crippen LogP contribution in [0.25, 0.3) is 0 Å². The monoisotopic (exact) mass is 418 g/mol. The number of amides is 2. The number of ether oxygens (including phenoxy) is 2. The van der Waals surface area contributed by atoms with Gasteiger partial charge in [0, 0.05) is 29.9 Å². The van der Waals surface area contributed by atoms with Crippen LogP contribution in [0.4, 0.5) is 5.69 Å². The van der Waals surface area contributed by atoms with Gasteiger partial charge in [0.15, 0.2) is 11.5 Å². The number of benzene rings is 2. The van der Waals surface area contributed by atoms with E-state index in [-0.39, 0.29) is 17.9 Å². The van der Waals surface area contributed by atoms with Crippen LogP contribution in [0.1, 0.15) is 48.4 Å². The van der Waals surface area contributed by atoms with Gasteiger partial charge in [0.1, 0.15) is 0 Å². The van der Waals surface area contributed by atoms with Gasteiger partial charge >= 0.3 is 0 Å². The van der Waals surface area contributed by atoms with E-state index in [2.05, 4.69) is 5.32 Å². The summed E-state index contributed by atoms with van der Waals surface area (Å²) in [6, 6.07) is 9.91. The van der Waals surface area contributed by atoms with Gasteiger partial charge < -0.3 is 19.7 Å². The summed E-state index contributed by atoms with van der Waals surface area (Å²) in [6.07, 6.45) is -0.0846. The summed E-state index contributed by atoms with van der Waals surface area (Å²) in [5.74, 6) is 0.408. The topological polar surface area (TPSA) is 67.9 Å². The maximum Gasteiger partial charge on any atom is 0.255 e. The lowest BCUT2D eigenvalue weighted by molar-refractivity contribution is 0.0773. The van der Waals surface area contributed by atoms with E-state index in [0.717, 1.165) is 0 Å². The Morgan fingerprint density at radius 3 is 2.21 bits per heavy atom. The first-order valence-electron chi connectivity index (χ1n) is 9.55. The Morgan fingerprint density at radius 1 is 1.07 bits per heavy atom.